The Hall–Kier alpha value is -1.19. The second-order valence-electron chi connectivity index (χ2n) is 6.07. The molecular formula is C18H28N2O. The number of Topliss-reactive ketones (excluding diaryl/α,β-unsaturated/α-hetero) is 1. The van der Waals surface area contributed by atoms with Crippen LogP contribution in [0.5, 0.6) is 0 Å². The van der Waals surface area contributed by atoms with Gasteiger partial charge in [-0.25, -0.2) is 0 Å². The van der Waals surface area contributed by atoms with Crippen molar-refractivity contribution in [1.82, 2.24) is 9.80 Å². The van der Waals surface area contributed by atoms with Gasteiger partial charge in [-0.1, -0.05) is 44.2 Å². The Bertz CT molecular complexity index is 434. The van der Waals surface area contributed by atoms with Crippen LogP contribution in [0.2, 0.25) is 0 Å². The predicted octanol–water partition coefficient (Wildman–Crippen LogP) is 2.98. The highest BCUT2D eigenvalue weighted by atomic mass is 16.1. The second kappa shape index (κ2) is 7.71. The van der Waals surface area contributed by atoms with Crippen molar-refractivity contribution < 1.29 is 4.79 Å². The summed E-state index contributed by atoms with van der Waals surface area (Å²) in [7, 11) is 2.15. The highest BCUT2D eigenvalue weighted by Crippen LogP contribution is 2.28. The van der Waals surface area contributed by atoms with E-state index in [2.05, 4.69) is 42.8 Å². The van der Waals surface area contributed by atoms with Crippen LogP contribution in [0.15, 0.2) is 30.3 Å². The van der Waals surface area contributed by atoms with Gasteiger partial charge in [-0.2, -0.15) is 0 Å². The Balaban J connectivity index is 2.24. The van der Waals surface area contributed by atoms with Crippen molar-refractivity contribution in [3.63, 3.8) is 0 Å². The number of hydrogen-bond acceptors (Lipinski definition) is 3. The van der Waals surface area contributed by atoms with Gasteiger partial charge in [0.05, 0.1) is 6.04 Å². The largest absolute Gasteiger partial charge is 0.304 e. The molecule has 0 N–H and O–H groups in total. The Labute approximate surface area is 128 Å². The fourth-order valence-electron chi connectivity index (χ4n) is 3.18. The number of nitrogens with zero attached hydrogens (tertiary/aromatic N) is 2. The number of rotatable bonds is 6. The van der Waals surface area contributed by atoms with E-state index in [1.807, 2.05) is 18.2 Å². The zero-order valence-corrected chi connectivity index (χ0v) is 13.6. The third-order valence-corrected chi connectivity index (χ3v) is 4.68. The number of carbonyl (C=O) groups excluding carboxylic acids is 1. The molecule has 116 valence electrons. The van der Waals surface area contributed by atoms with Gasteiger partial charge < -0.3 is 4.90 Å². The zero-order chi connectivity index (χ0) is 15.2. The molecule has 0 spiro atoms. The van der Waals surface area contributed by atoms with Gasteiger partial charge in [0.15, 0.2) is 5.78 Å². The van der Waals surface area contributed by atoms with Gasteiger partial charge in [-0.3, -0.25) is 9.69 Å². The highest BCUT2D eigenvalue weighted by molar-refractivity contribution is 5.87. The SMILES string of the molecule is CCC(CC)C(=O)C(c1ccccc1)N1CCN(C)CC1. The summed E-state index contributed by atoms with van der Waals surface area (Å²) in [4.78, 5) is 17.7. The maximum Gasteiger partial charge on any atom is 0.157 e. The summed E-state index contributed by atoms with van der Waals surface area (Å²) in [6, 6.07) is 10.2. The maximum atomic E-state index is 13.0. The summed E-state index contributed by atoms with van der Waals surface area (Å²) < 4.78 is 0. The first-order valence-electron chi connectivity index (χ1n) is 8.18. The number of likely N-dealkylation sites (N-methyl/N-ethyl adjacent to an activating group) is 1. The van der Waals surface area contributed by atoms with Gasteiger partial charge in [-0.05, 0) is 25.5 Å². The van der Waals surface area contributed by atoms with E-state index in [9.17, 15) is 4.79 Å². The van der Waals surface area contributed by atoms with Crippen LogP contribution in [0.4, 0.5) is 0 Å². The molecule has 1 aromatic rings. The summed E-state index contributed by atoms with van der Waals surface area (Å²) in [5.41, 5.74) is 1.15. The molecule has 1 aromatic carbocycles. The molecule has 21 heavy (non-hydrogen) atoms. The number of carbonyl (C=O) groups is 1. The molecule has 1 atom stereocenters. The molecule has 1 heterocycles. The molecule has 2 rings (SSSR count). The molecule has 1 aliphatic heterocycles. The van der Waals surface area contributed by atoms with E-state index in [0.717, 1.165) is 44.6 Å². The summed E-state index contributed by atoms with van der Waals surface area (Å²) in [5.74, 6) is 0.575. The van der Waals surface area contributed by atoms with Crippen molar-refractivity contribution in [1.29, 1.82) is 0 Å². The van der Waals surface area contributed by atoms with E-state index in [4.69, 9.17) is 0 Å². The first-order valence-corrected chi connectivity index (χ1v) is 8.18. The van der Waals surface area contributed by atoms with Crippen LogP contribution < -0.4 is 0 Å². The first kappa shape index (κ1) is 16.2. The molecule has 0 bridgehead atoms. The average Bonchev–Trinajstić information content (AvgIpc) is 2.52. The van der Waals surface area contributed by atoms with Gasteiger partial charge in [-0.15, -0.1) is 0 Å². The summed E-state index contributed by atoms with van der Waals surface area (Å²) >= 11 is 0. The molecule has 1 fully saturated rings. The van der Waals surface area contributed by atoms with Crippen LogP contribution in [0, 0.1) is 5.92 Å². The van der Waals surface area contributed by atoms with Crippen molar-refractivity contribution in [2.24, 2.45) is 5.92 Å². The topological polar surface area (TPSA) is 23.6 Å². The smallest absolute Gasteiger partial charge is 0.157 e. The van der Waals surface area contributed by atoms with Crippen molar-refractivity contribution in [3.8, 4) is 0 Å². The monoisotopic (exact) mass is 288 g/mol. The van der Waals surface area contributed by atoms with Gasteiger partial charge in [0.25, 0.3) is 0 Å². The van der Waals surface area contributed by atoms with Crippen LogP contribution >= 0.6 is 0 Å². The van der Waals surface area contributed by atoms with Crippen molar-refractivity contribution in [2.75, 3.05) is 33.2 Å². The van der Waals surface area contributed by atoms with Crippen molar-refractivity contribution >= 4 is 5.78 Å². The number of benzene rings is 1. The lowest BCUT2D eigenvalue weighted by atomic mass is 9.88. The van der Waals surface area contributed by atoms with Crippen LogP contribution in [0.25, 0.3) is 0 Å². The average molecular weight is 288 g/mol. The zero-order valence-electron chi connectivity index (χ0n) is 13.6. The molecule has 0 saturated carbocycles. The van der Waals surface area contributed by atoms with Gasteiger partial charge in [0.2, 0.25) is 0 Å². The fraction of sp³-hybridized carbons (Fsp3) is 0.611. The summed E-state index contributed by atoms with van der Waals surface area (Å²) in [5, 5.41) is 0. The lowest BCUT2D eigenvalue weighted by Crippen LogP contribution is -2.48. The van der Waals surface area contributed by atoms with E-state index < -0.39 is 0 Å². The quantitative estimate of drug-likeness (QED) is 0.804. The van der Waals surface area contributed by atoms with Gasteiger partial charge >= 0.3 is 0 Å². The molecule has 0 amide bonds. The second-order valence-corrected chi connectivity index (χ2v) is 6.07. The first-order chi connectivity index (χ1) is 10.2. The van der Waals surface area contributed by atoms with E-state index in [0.29, 0.717) is 5.78 Å². The van der Waals surface area contributed by atoms with Crippen molar-refractivity contribution in [3.05, 3.63) is 35.9 Å². The third kappa shape index (κ3) is 3.92. The highest BCUT2D eigenvalue weighted by Gasteiger charge is 2.32. The van der Waals surface area contributed by atoms with Gasteiger partial charge in [0.1, 0.15) is 0 Å². The lowest BCUT2D eigenvalue weighted by molar-refractivity contribution is -0.129. The molecular weight excluding hydrogens is 260 g/mol. The van der Waals surface area contributed by atoms with Crippen LogP contribution in [-0.4, -0.2) is 48.8 Å². The summed E-state index contributed by atoms with van der Waals surface area (Å²) in [6.07, 6.45) is 1.87. The van der Waals surface area contributed by atoms with E-state index >= 15 is 0 Å². The van der Waals surface area contributed by atoms with Crippen molar-refractivity contribution in [2.45, 2.75) is 32.7 Å². The minimum Gasteiger partial charge on any atom is -0.304 e. The number of ketones is 1. The minimum atomic E-state index is -0.0650. The Morgan fingerprint density at radius 3 is 2.14 bits per heavy atom. The molecule has 1 aliphatic rings. The van der Waals surface area contributed by atoms with E-state index in [1.165, 1.54) is 0 Å². The molecule has 3 nitrogen and oxygen atoms in total. The number of piperazine rings is 1. The maximum absolute atomic E-state index is 13.0. The predicted molar refractivity (Wildman–Crippen MR) is 87.3 cm³/mol. The molecule has 3 heteroatoms. The van der Waals surface area contributed by atoms with Crippen LogP contribution in [0.1, 0.15) is 38.3 Å². The molecule has 0 radical (unpaired) electrons. The van der Waals surface area contributed by atoms with E-state index in [-0.39, 0.29) is 12.0 Å². The molecule has 0 aromatic heterocycles. The lowest BCUT2D eigenvalue weighted by Gasteiger charge is -2.38. The third-order valence-electron chi connectivity index (χ3n) is 4.68. The van der Waals surface area contributed by atoms with E-state index in [1.54, 1.807) is 0 Å². The fourth-order valence-corrected chi connectivity index (χ4v) is 3.18. The Morgan fingerprint density at radius 2 is 1.62 bits per heavy atom. The standard InChI is InChI=1S/C18H28N2O/c1-4-15(5-2)18(21)17(16-9-7-6-8-10-16)20-13-11-19(3)12-14-20/h6-10,15,17H,4-5,11-14H2,1-3H3. The van der Waals surface area contributed by atoms with Crippen LogP contribution in [-0.2, 0) is 4.79 Å². The molecule has 1 saturated heterocycles. The minimum absolute atomic E-state index is 0.0650. The molecule has 0 aliphatic carbocycles. The summed E-state index contributed by atoms with van der Waals surface area (Å²) in [6.45, 7) is 8.28. The molecule has 1 unspecified atom stereocenters. The number of hydrogen-bond donors (Lipinski definition) is 0. The Kier molecular flexibility index (Phi) is 5.95. The van der Waals surface area contributed by atoms with Crippen LogP contribution in [0.3, 0.4) is 0 Å². The Morgan fingerprint density at radius 1 is 1.05 bits per heavy atom. The normalized spacial score (nSPS) is 18.9. The van der Waals surface area contributed by atoms with Gasteiger partial charge in [0, 0.05) is 32.1 Å².